The summed E-state index contributed by atoms with van der Waals surface area (Å²) in [7, 11) is 0. The second-order valence-electron chi connectivity index (χ2n) is 4.30. The average molecular weight is 270 g/mol. The average Bonchev–Trinajstić information content (AvgIpc) is 3.08. The fourth-order valence-electron chi connectivity index (χ4n) is 1.66. The van der Waals surface area contributed by atoms with E-state index in [-0.39, 0.29) is 10.8 Å². The molecule has 1 saturated carbocycles. The van der Waals surface area contributed by atoms with Crippen LogP contribution in [-0.4, -0.2) is 22.5 Å². The van der Waals surface area contributed by atoms with Gasteiger partial charge in [-0.1, -0.05) is 12.2 Å². The number of thiocarbonyl (C=S) groups is 1. The number of thioether (sulfide) groups is 1. The van der Waals surface area contributed by atoms with Gasteiger partial charge in [-0.05, 0) is 37.3 Å². The van der Waals surface area contributed by atoms with E-state index in [1.54, 1.807) is 12.1 Å². The summed E-state index contributed by atoms with van der Waals surface area (Å²) in [4.78, 5) is 0.221. The Morgan fingerprint density at radius 1 is 1.59 bits per heavy atom. The summed E-state index contributed by atoms with van der Waals surface area (Å²) in [6.45, 7) is 0.803. The van der Waals surface area contributed by atoms with Crippen LogP contribution in [0.1, 0.15) is 18.4 Å². The van der Waals surface area contributed by atoms with Gasteiger partial charge in [-0.25, -0.2) is 4.39 Å². The molecule has 0 aromatic heterocycles. The van der Waals surface area contributed by atoms with Gasteiger partial charge in [0.15, 0.2) is 0 Å². The van der Waals surface area contributed by atoms with E-state index < -0.39 is 0 Å². The van der Waals surface area contributed by atoms with E-state index >= 15 is 0 Å². The zero-order chi connectivity index (χ0) is 12.5. The fraction of sp³-hybridized carbons (Fsp3) is 0.417. The molecule has 2 nitrogen and oxygen atoms in total. The Morgan fingerprint density at radius 2 is 2.29 bits per heavy atom. The molecule has 0 heterocycles. The van der Waals surface area contributed by atoms with E-state index in [0.29, 0.717) is 16.0 Å². The van der Waals surface area contributed by atoms with Gasteiger partial charge >= 0.3 is 0 Å². The predicted molar refractivity (Wildman–Crippen MR) is 76.3 cm³/mol. The van der Waals surface area contributed by atoms with E-state index in [4.69, 9.17) is 18.0 Å². The van der Waals surface area contributed by atoms with E-state index in [9.17, 15) is 4.39 Å². The lowest BCUT2D eigenvalue weighted by Crippen LogP contribution is -2.18. The molecular formula is C12H15FN2S2. The van der Waals surface area contributed by atoms with Crippen molar-refractivity contribution < 1.29 is 4.39 Å². The highest BCUT2D eigenvalue weighted by molar-refractivity contribution is 8.00. The number of halogens is 1. The lowest BCUT2D eigenvalue weighted by molar-refractivity contribution is 0.629. The van der Waals surface area contributed by atoms with Gasteiger partial charge in [-0.15, -0.1) is 0 Å². The molecule has 1 aliphatic rings. The van der Waals surface area contributed by atoms with Crippen molar-refractivity contribution in [2.45, 2.75) is 17.6 Å². The highest BCUT2D eigenvalue weighted by Gasteiger charge is 2.41. The minimum atomic E-state index is -0.299. The van der Waals surface area contributed by atoms with Crippen LogP contribution in [0.25, 0.3) is 0 Å². The van der Waals surface area contributed by atoms with Crippen molar-refractivity contribution >= 4 is 34.7 Å². The number of benzene rings is 1. The quantitative estimate of drug-likeness (QED) is 0.807. The van der Waals surface area contributed by atoms with Crippen LogP contribution in [0.2, 0.25) is 0 Å². The highest BCUT2D eigenvalue weighted by Crippen LogP contribution is 2.47. The van der Waals surface area contributed by atoms with Crippen LogP contribution in [0.4, 0.5) is 10.1 Å². The van der Waals surface area contributed by atoms with E-state index in [1.165, 1.54) is 18.9 Å². The van der Waals surface area contributed by atoms with Crippen molar-refractivity contribution in [2.75, 3.05) is 18.1 Å². The molecule has 3 N–H and O–H groups in total. The van der Waals surface area contributed by atoms with Gasteiger partial charge in [0.25, 0.3) is 0 Å². The molecule has 0 spiro atoms. The van der Waals surface area contributed by atoms with Gasteiger partial charge in [-0.3, -0.25) is 0 Å². The molecule has 1 fully saturated rings. The first kappa shape index (κ1) is 12.6. The van der Waals surface area contributed by atoms with E-state index in [0.717, 1.165) is 6.54 Å². The van der Waals surface area contributed by atoms with E-state index in [1.807, 2.05) is 11.8 Å². The van der Waals surface area contributed by atoms with Gasteiger partial charge in [0, 0.05) is 16.9 Å². The van der Waals surface area contributed by atoms with Crippen molar-refractivity contribution in [3.8, 4) is 0 Å². The molecule has 0 amide bonds. The molecule has 92 valence electrons. The number of hydrogen-bond acceptors (Lipinski definition) is 3. The van der Waals surface area contributed by atoms with Crippen molar-refractivity contribution in [2.24, 2.45) is 5.73 Å². The zero-order valence-corrected chi connectivity index (χ0v) is 11.3. The van der Waals surface area contributed by atoms with Gasteiger partial charge in [0.2, 0.25) is 0 Å². The molecule has 0 radical (unpaired) electrons. The third kappa shape index (κ3) is 2.90. The standard InChI is InChI=1S/C12H15FN2S2/c1-17-12(4-5-12)7-15-10-3-2-8(11(14)16)6-9(10)13/h2-3,6,15H,4-5,7H2,1H3,(H2,14,16). The topological polar surface area (TPSA) is 38.0 Å². The molecule has 0 atom stereocenters. The molecule has 0 bridgehead atoms. The molecule has 1 aromatic rings. The summed E-state index contributed by atoms with van der Waals surface area (Å²) in [6, 6.07) is 4.82. The largest absolute Gasteiger partial charge is 0.389 e. The van der Waals surface area contributed by atoms with Crippen molar-refractivity contribution in [3.63, 3.8) is 0 Å². The maximum atomic E-state index is 13.7. The highest BCUT2D eigenvalue weighted by atomic mass is 32.2. The molecule has 1 aliphatic carbocycles. The van der Waals surface area contributed by atoms with Gasteiger partial charge < -0.3 is 11.1 Å². The summed E-state index contributed by atoms with van der Waals surface area (Å²) in [5.41, 5.74) is 6.53. The molecule has 1 aromatic carbocycles. The SMILES string of the molecule is CSC1(CNc2ccc(C(N)=S)cc2F)CC1. The van der Waals surface area contributed by atoms with Crippen LogP contribution in [0.3, 0.4) is 0 Å². The van der Waals surface area contributed by atoms with E-state index in [2.05, 4.69) is 11.6 Å². The lowest BCUT2D eigenvalue weighted by atomic mass is 10.2. The smallest absolute Gasteiger partial charge is 0.146 e. The summed E-state index contributed by atoms with van der Waals surface area (Å²) in [5.74, 6) is -0.299. The molecule has 2 rings (SSSR count). The second kappa shape index (κ2) is 4.82. The maximum Gasteiger partial charge on any atom is 0.146 e. The first-order chi connectivity index (χ1) is 8.06. The Labute approximate surface area is 110 Å². The molecule has 5 heteroatoms. The van der Waals surface area contributed by atoms with Crippen LogP contribution in [0, 0.1) is 5.82 Å². The monoisotopic (exact) mass is 270 g/mol. The summed E-state index contributed by atoms with van der Waals surface area (Å²) in [5, 5.41) is 3.15. The first-order valence-electron chi connectivity index (χ1n) is 5.45. The second-order valence-corrected chi connectivity index (χ2v) is 6.01. The zero-order valence-electron chi connectivity index (χ0n) is 9.63. The van der Waals surface area contributed by atoms with Crippen LogP contribution in [-0.2, 0) is 0 Å². The molecule has 0 unspecified atom stereocenters. The summed E-state index contributed by atoms with van der Waals surface area (Å²) < 4.78 is 14.0. The molecule has 17 heavy (non-hydrogen) atoms. The first-order valence-corrected chi connectivity index (χ1v) is 7.08. The third-order valence-corrected chi connectivity index (χ3v) is 4.75. The van der Waals surface area contributed by atoms with Crippen molar-refractivity contribution in [1.29, 1.82) is 0 Å². The van der Waals surface area contributed by atoms with Crippen molar-refractivity contribution in [3.05, 3.63) is 29.6 Å². The Balaban J connectivity index is 2.04. The van der Waals surface area contributed by atoms with Gasteiger partial charge in [0.1, 0.15) is 10.8 Å². The van der Waals surface area contributed by atoms with Crippen LogP contribution < -0.4 is 11.1 Å². The number of rotatable bonds is 5. The van der Waals surface area contributed by atoms with Crippen LogP contribution in [0.5, 0.6) is 0 Å². The minimum absolute atomic E-state index is 0.221. The van der Waals surface area contributed by atoms with Crippen LogP contribution >= 0.6 is 24.0 Å². The minimum Gasteiger partial charge on any atom is -0.389 e. The van der Waals surface area contributed by atoms with Gasteiger partial charge in [-0.2, -0.15) is 11.8 Å². The summed E-state index contributed by atoms with van der Waals surface area (Å²) in [6.07, 6.45) is 4.50. The molecule has 0 saturated heterocycles. The van der Waals surface area contributed by atoms with Gasteiger partial charge in [0.05, 0.1) is 5.69 Å². The predicted octanol–water partition coefficient (Wildman–Crippen LogP) is 2.77. The Morgan fingerprint density at radius 3 is 2.76 bits per heavy atom. The summed E-state index contributed by atoms with van der Waals surface area (Å²) >= 11 is 6.65. The number of hydrogen-bond donors (Lipinski definition) is 2. The van der Waals surface area contributed by atoms with Crippen molar-refractivity contribution in [1.82, 2.24) is 0 Å². The number of anilines is 1. The molecule has 0 aliphatic heterocycles. The Hall–Kier alpha value is -0.810. The third-order valence-electron chi connectivity index (χ3n) is 3.10. The molecular weight excluding hydrogens is 255 g/mol. The lowest BCUT2D eigenvalue weighted by Gasteiger charge is -2.15. The maximum absolute atomic E-state index is 13.7. The normalized spacial score (nSPS) is 16.6. The number of nitrogens with one attached hydrogen (secondary N) is 1. The Kier molecular flexibility index (Phi) is 3.58. The van der Waals surface area contributed by atoms with Crippen LogP contribution in [0.15, 0.2) is 18.2 Å². The fourth-order valence-corrected chi connectivity index (χ4v) is 2.51. The number of nitrogens with two attached hydrogens (primary N) is 1. The Bertz CT molecular complexity index is 444.